The molecule has 6 heteroatoms. The third-order valence-corrected chi connectivity index (χ3v) is 3.93. The number of ether oxygens (including phenoxy) is 1. The number of hydrogen-bond acceptors (Lipinski definition) is 3. The normalized spacial score (nSPS) is 29.0. The highest BCUT2D eigenvalue weighted by Crippen LogP contribution is 2.18. The van der Waals surface area contributed by atoms with Crippen molar-refractivity contribution in [3.8, 4) is 0 Å². The minimum atomic E-state index is -0.815. The first-order valence-corrected chi connectivity index (χ1v) is 6.98. The summed E-state index contributed by atoms with van der Waals surface area (Å²) in [5, 5.41) is 11.9. The fourth-order valence-electron chi connectivity index (χ4n) is 2.74. The van der Waals surface area contributed by atoms with E-state index in [1.165, 1.54) is 0 Å². The molecular weight excluding hydrogens is 248 g/mol. The number of amides is 2. The van der Waals surface area contributed by atoms with Gasteiger partial charge in [0.25, 0.3) is 0 Å². The van der Waals surface area contributed by atoms with E-state index in [1.807, 2.05) is 6.92 Å². The molecule has 0 radical (unpaired) electrons. The molecule has 0 aromatic rings. The first-order chi connectivity index (χ1) is 9.08. The Labute approximate surface area is 113 Å². The Balaban J connectivity index is 1.83. The predicted octanol–water partition coefficient (Wildman–Crippen LogP) is 1.06. The number of hydrogen-bond donors (Lipinski definition) is 2. The molecule has 108 valence electrons. The number of likely N-dealkylation sites (tertiary alicyclic amines) is 1. The Kier molecular flexibility index (Phi) is 4.63. The minimum Gasteiger partial charge on any atom is -0.481 e. The summed E-state index contributed by atoms with van der Waals surface area (Å²) in [4.78, 5) is 24.7. The summed E-state index contributed by atoms with van der Waals surface area (Å²) >= 11 is 0. The number of carbonyl (C=O) groups excluding carboxylic acids is 1. The van der Waals surface area contributed by atoms with E-state index in [-0.39, 0.29) is 18.2 Å². The second-order valence-electron chi connectivity index (χ2n) is 5.41. The fourth-order valence-corrected chi connectivity index (χ4v) is 2.74. The number of carbonyl (C=O) groups is 2. The molecule has 2 N–H and O–H groups in total. The molecule has 2 saturated heterocycles. The third kappa shape index (κ3) is 3.59. The lowest BCUT2D eigenvalue weighted by Crippen LogP contribution is -2.51. The first-order valence-electron chi connectivity index (χ1n) is 6.98. The SMILES string of the molecule is CC(NC(=O)N1CCC[C@@H](C(=O)O)C1)C1CCCO1. The van der Waals surface area contributed by atoms with Crippen molar-refractivity contribution in [2.24, 2.45) is 5.92 Å². The van der Waals surface area contributed by atoms with Gasteiger partial charge in [-0.2, -0.15) is 0 Å². The van der Waals surface area contributed by atoms with Crippen molar-refractivity contribution < 1.29 is 19.4 Å². The maximum absolute atomic E-state index is 12.1. The summed E-state index contributed by atoms with van der Waals surface area (Å²) < 4.78 is 5.53. The summed E-state index contributed by atoms with van der Waals surface area (Å²) in [5.74, 6) is -1.25. The number of nitrogens with zero attached hydrogens (tertiary/aromatic N) is 1. The zero-order valence-electron chi connectivity index (χ0n) is 11.3. The van der Waals surface area contributed by atoms with E-state index in [2.05, 4.69) is 5.32 Å². The van der Waals surface area contributed by atoms with E-state index in [0.29, 0.717) is 19.5 Å². The topological polar surface area (TPSA) is 78.9 Å². The molecule has 0 spiro atoms. The average molecular weight is 270 g/mol. The number of carboxylic acids is 1. The molecule has 2 heterocycles. The molecule has 0 aromatic carbocycles. The Bertz CT molecular complexity index is 342. The molecule has 0 aliphatic carbocycles. The second-order valence-corrected chi connectivity index (χ2v) is 5.41. The molecule has 2 fully saturated rings. The Morgan fingerprint density at radius 2 is 2.16 bits per heavy atom. The lowest BCUT2D eigenvalue weighted by Gasteiger charge is -2.32. The summed E-state index contributed by atoms with van der Waals surface area (Å²) in [7, 11) is 0. The number of piperidine rings is 1. The standard InChI is InChI=1S/C13H22N2O4/c1-9(11-5-3-7-19-11)14-13(18)15-6-2-4-10(8-15)12(16)17/h9-11H,2-8H2,1H3,(H,14,18)(H,16,17)/t9?,10-,11?/m1/s1. The van der Waals surface area contributed by atoms with Gasteiger partial charge in [-0.1, -0.05) is 0 Å². The highest BCUT2D eigenvalue weighted by Gasteiger charge is 2.30. The lowest BCUT2D eigenvalue weighted by molar-refractivity contribution is -0.143. The van der Waals surface area contributed by atoms with E-state index >= 15 is 0 Å². The molecule has 2 rings (SSSR count). The van der Waals surface area contributed by atoms with E-state index in [9.17, 15) is 9.59 Å². The van der Waals surface area contributed by atoms with Crippen LogP contribution < -0.4 is 5.32 Å². The maximum Gasteiger partial charge on any atom is 0.317 e. The van der Waals surface area contributed by atoms with Crippen LogP contribution in [-0.2, 0) is 9.53 Å². The van der Waals surface area contributed by atoms with Gasteiger partial charge in [0.1, 0.15) is 0 Å². The van der Waals surface area contributed by atoms with Gasteiger partial charge >= 0.3 is 12.0 Å². The van der Waals surface area contributed by atoms with Crippen molar-refractivity contribution in [2.75, 3.05) is 19.7 Å². The van der Waals surface area contributed by atoms with Crippen molar-refractivity contribution in [1.82, 2.24) is 10.2 Å². The molecule has 2 aliphatic rings. The average Bonchev–Trinajstić information content (AvgIpc) is 2.92. The van der Waals surface area contributed by atoms with E-state index in [4.69, 9.17) is 9.84 Å². The van der Waals surface area contributed by atoms with Gasteiger partial charge in [0.15, 0.2) is 0 Å². The number of nitrogens with one attached hydrogen (secondary N) is 1. The highest BCUT2D eigenvalue weighted by atomic mass is 16.5. The summed E-state index contributed by atoms with van der Waals surface area (Å²) in [6.45, 7) is 3.63. The molecule has 6 nitrogen and oxygen atoms in total. The van der Waals surface area contributed by atoms with Gasteiger partial charge in [-0.15, -0.1) is 0 Å². The summed E-state index contributed by atoms with van der Waals surface area (Å²) in [6, 6.07) is -0.200. The van der Waals surface area contributed by atoms with Crippen molar-refractivity contribution in [3.05, 3.63) is 0 Å². The van der Waals surface area contributed by atoms with Gasteiger partial charge in [0.05, 0.1) is 18.1 Å². The second kappa shape index (κ2) is 6.23. The van der Waals surface area contributed by atoms with Crippen LogP contribution in [0, 0.1) is 5.92 Å². The van der Waals surface area contributed by atoms with Gasteiger partial charge in [0, 0.05) is 19.7 Å². The lowest BCUT2D eigenvalue weighted by atomic mass is 9.98. The smallest absolute Gasteiger partial charge is 0.317 e. The summed E-state index contributed by atoms with van der Waals surface area (Å²) in [6.07, 6.45) is 3.50. The van der Waals surface area contributed by atoms with Gasteiger partial charge in [-0.3, -0.25) is 4.79 Å². The monoisotopic (exact) mass is 270 g/mol. The number of carboxylic acid groups (broad SMARTS) is 1. The van der Waals surface area contributed by atoms with Gasteiger partial charge in [-0.05, 0) is 32.6 Å². The largest absolute Gasteiger partial charge is 0.481 e. The number of urea groups is 1. The molecule has 0 aromatic heterocycles. The molecule has 0 bridgehead atoms. The van der Waals surface area contributed by atoms with Crippen LogP contribution in [0.4, 0.5) is 4.79 Å². The molecule has 3 atom stereocenters. The molecule has 2 amide bonds. The Morgan fingerprint density at radius 3 is 2.79 bits per heavy atom. The van der Waals surface area contributed by atoms with Crippen LogP contribution in [-0.4, -0.2) is 53.8 Å². The zero-order valence-corrected chi connectivity index (χ0v) is 11.3. The van der Waals surface area contributed by atoms with Crippen molar-refractivity contribution in [3.63, 3.8) is 0 Å². The Hall–Kier alpha value is -1.30. The highest BCUT2D eigenvalue weighted by molar-refractivity contribution is 5.76. The van der Waals surface area contributed by atoms with Crippen molar-refractivity contribution >= 4 is 12.0 Å². The molecule has 19 heavy (non-hydrogen) atoms. The number of aliphatic carboxylic acids is 1. The van der Waals surface area contributed by atoms with Crippen LogP contribution in [0.25, 0.3) is 0 Å². The maximum atomic E-state index is 12.1. The van der Waals surface area contributed by atoms with Crippen LogP contribution in [0.1, 0.15) is 32.6 Å². The predicted molar refractivity (Wildman–Crippen MR) is 68.9 cm³/mol. The van der Waals surface area contributed by atoms with Crippen LogP contribution in [0.5, 0.6) is 0 Å². The van der Waals surface area contributed by atoms with E-state index in [1.54, 1.807) is 4.90 Å². The molecule has 2 aliphatic heterocycles. The zero-order chi connectivity index (χ0) is 13.8. The minimum absolute atomic E-state index is 0.0276. The molecule has 2 unspecified atom stereocenters. The van der Waals surface area contributed by atoms with E-state index in [0.717, 1.165) is 25.9 Å². The molecular formula is C13H22N2O4. The van der Waals surface area contributed by atoms with Gasteiger partial charge in [0.2, 0.25) is 0 Å². The quantitative estimate of drug-likeness (QED) is 0.803. The fraction of sp³-hybridized carbons (Fsp3) is 0.846. The first kappa shape index (κ1) is 14.1. The van der Waals surface area contributed by atoms with Crippen LogP contribution in [0.2, 0.25) is 0 Å². The van der Waals surface area contributed by atoms with Crippen LogP contribution in [0.15, 0.2) is 0 Å². The van der Waals surface area contributed by atoms with E-state index < -0.39 is 11.9 Å². The van der Waals surface area contributed by atoms with Gasteiger partial charge in [-0.25, -0.2) is 4.79 Å². The summed E-state index contributed by atoms with van der Waals surface area (Å²) in [5.41, 5.74) is 0. The number of rotatable bonds is 3. The third-order valence-electron chi connectivity index (χ3n) is 3.93. The van der Waals surface area contributed by atoms with Gasteiger partial charge < -0.3 is 20.1 Å². The van der Waals surface area contributed by atoms with Crippen LogP contribution >= 0.6 is 0 Å². The van der Waals surface area contributed by atoms with Crippen molar-refractivity contribution in [1.29, 1.82) is 0 Å². The van der Waals surface area contributed by atoms with Crippen molar-refractivity contribution in [2.45, 2.75) is 44.8 Å². The molecule has 0 saturated carbocycles. The van der Waals surface area contributed by atoms with Crippen LogP contribution in [0.3, 0.4) is 0 Å². The Morgan fingerprint density at radius 1 is 1.37 bits per heavy atom.